The van der Waals surface area contributed by atoms with E-state index in [1.165, 1.54) is 11.3 Å². The highest BCUT2D eigenvalue weighted by Crippen LogP contribution is 2.22. The fraction of sp³-hybridized carbons (Fsp3) is 0.143. The molecule has 0 saturated heterocycles. The van der Waals surface area contributed by atoms with E-state index in [1.54, 1.807) is 0 Å². The molecule has 0 radical (unpaired) electrons. The molecule has 0 atom stereocenters. The molecule has 1 aromatic rings. The number of benzene rings is 1. The second-order valence-corrected chi connectivity index (χ2v) is 5.84. The van der Waals surface area contributed by atoms with Crippen LogP contribution in [0, 0.1) is 6.92 Å². The van der Waals surface area contributed by atoms with Gasteiger partial charge in [-0.2, -0.15) is 0 Å². The quantitative estimate of drug-likeness (QED) is 0.548. The van der Waals surface area contributed by atoms with Gasteiger partial charge >= 0.3 is 0 Å². The number of hydrogen-bond acceptors (Lipinski definition) is 1. The molecule has 0 spiro atoms. The Balaban J connectivity index is 2.89. The number of hydrogen-bond donors (Lipinski definition) is 0. The SMILES string of the molecule is Cc1ccc(N(I)I)cc1. The van der Waals surface area contributed by atoms with Crippen molar-refractivity contribution in [2.24, 2.45) is 0 Å². The molecule has 0 amide bonds. The fourth-order valence-corrected chi connectivity index (χ4v) is 1.30. The first-order chi connectivity index (χ1) is 4.70. The Labute approximate surface area is 88.8 Å². The van der Waals surface area contributed by atoms with Crippen molar-refractivity contribution in [1.82, 2.24) is 0 Å². The lowest BCUT2D eigenvalue weighted by Crippen LogP contribution is -1.87. The molecule has 0 aromatic heterocycles. The highest BCUT2D eigenvalue weighted by atomic mass is 127. The van der Waals surface area contributed by atoms with Crippen molar-refractivity contribution >= 4 is 51.4 Å². The van der Waals surface area contributed by atoms with Crippen molar-refractivity contribution < 1.29 is 0 Å². The zero-order valence-electron chi connectivity index (χ0n) is 5.51. The van der Waals surface area contributed by atoms with E-state index in [0.717, 1.165) is 0 Å². The van der Waals surface area contributed by atoms with Crippen LogP contribution < -0.4 is 1.33 Å². The average Bonchev–Trinajstić information content (AvgIpc) is 1.88. The summed E-state index contributed by atoms with van der Waals surface area (Å²) in [7, 11) is 0. The first-order valence-corrected chi connectivity index (χ1v) is 4.81. The highest BCUT2D eigenvalue weighted by molar-refractivity contribution is 14.2. The van der Waals surface area contributed by atoms with Crippen LogP contribution >= 0.6 is 45.7 Å². The third-order valence-electron chi connectivity index (χ3n) is 1.23. The van der Waals surface area contributed by atoms with Gasteiger partial charge in [-0.3, -0.25) is 1.33 Å². The lowest BCUT2D eigenvalue weighted by Gasteiger charge is -2.05. The van der Waals surface area contributed by atoms with Crippen molar-refractivity contribution in [2.45, 2.75) is 6.92 Å². The van der Waals surface area contributed by atoms with Crippen LogP contribution in [-0.4, -0.2) is 0 Å². The van der Waals surface area contributed by atoms with Crippen molar-refractivity contribution in [3.8, 4) is 0 Å². The molecule has 0 heterocycles. The van der Waals surface area contributed by atoms with Crippen molar-refractivity contribution in [3.63, 3.8) is 0 Å². The van der Waals surface area contributed by atoms with Gasteiger partial charge in [-0.05, 0) is 19.1 Å². The average molecular weight is 359 g/mol. The van der Waals surface area contributed by atoms with E-state index in [2.05, 4.69) is 76.9 Å². The Hall–Kier alpha value is 0.480. The second kappa shape index (κ2) is 3.75. The Bertz CT molecular complexity index is 205. The molecule has 0 fully saturated rings. The summed E-state index contributed by atoms with van der Waals surface area (Å²) in [6.07, 6.45) is 0. The first-order valence-electron chi connectivity index (χ1n) is 2.88. The van der Waals surface area contributed by atoms with E-state index in [4.69, 9.17) is 0 Å². The van der Waals surface area contributed by atoms with Crippen LogP contribution in [0.15, 0.2) is 24.3 Å². The maximum atomic E-state index is 2.24. The topological polar surface area (TPSA) is 3.24 Å². The van der Waals surface area contributed by atoms with E-state index in [0.29, 0.717) is 0 Å². The van der Waals surface area contributed by atoms with Crippen molar-refractivity contribution in [1.29, 1.82) is 0 Å². The molecular weight excluding hydrogens is 352 g/mol. The maximum Gasteiger partial charge on any atom is 0.0697 e. The van der Waals surface area contributed by atoms with Crippen LogP contribution in [0.5, 0.6) is 0 Å². The molecule has 1 nitrogen and oxygen atoms in total. The van der Waals surface area contributed by atoms with E-state index in [-0.39, 0.29) is 0 Å². The molecule has 0 aliphatic carbocycles. The minimum absolute atomic E-state index is 1.23. The summed E-state index contributed by atoms with van der Waals surface area (Å²) in [5.74, 6) is 0. The van der Waals surface area contributed by atoms with Gasteiger partial charge in [0, 0.05) is 0 Å². The summed E-state index contributed by atoms with van der Waals surface area (Å²) in [6, 6.07) is 8.43. The van der Waals surface area contributed by atoms with Crippen LogP contribution in [0.25, 0.3) is 0 Å². The Morgan fingerprint density at radius 1 is 1.10 bits per heavy atom. The molecule has 0 aliphatic rings. The lowest BCUT2D eigenvalue weighted by molar-refractivity contribution is 1.47. The third-order valence-corrected chi connectivity index (χ3v) is 2.34. The van der Waals surface area contributed by atoms with Crippen molar-refractivity contribution in [2.75, 3.05) is 1.33 Å². The molecule has 0 unspecified atom stereocenters. The van der Waals surface area contributed by atoms with Gasteiger partial charge in [0.05, 0.1) is 51.4 Å². The monoisotopic (exact) mass is 359 g/mol. The van der Waals surface area contributed by atoms with Gasteiger partial charge in [0.2, 0.25) is 0 Å². The predicted octanol–water partition coefficient (Wildman–Crippen LogP) is 3.50. The summed E-state index contributed by atoms with van der Waals surface area (Å²) in [4.78, 5) is 0. The summed E-state index contributed by atoms with van der Waals surface area (Å²) >= 11 is 4.48. The molecule has 10 heavy (non-hydrogen) atoms. The second-order valence-electron chi connectivity index (χ2n) is 2.07. The normalized spacial score (nSPS) is 9.50. The molecule has 0 N–H and O–H groups in total. The first kappa shape index (κ1) is 8.58. The summed E-state index contributed by atoms with van der Waals surface area (Å²) in [6.45, 7) is 2.09. The molecular formula is C7H7I2N. The standard InChI is InChI=1S/C7H7I2N/c1-6-2-4-7(5-3-6)10(8)9/h2-5H,1H3. The highest BCUT2D eigenvalue weighted by Gasteiger charge is 1.94. The number of halogens is 2. The smallest absolute Gasteiger partial charge is 0.0697 e. The summed E-state index contributed by atoms with van der Waals surface area (Å²) in [5.41, 5.74) is 2.53. The molecule has 54 valence electrons. The minimum atomic E-state index is 1.23. The van der Waals surface area contributed by atoms with E-state index < -0.39 is 0 Å². The van der Waals surface area contributed by atoms with Gasteiger partial charge in [-0.15, -0.1) is 0 Å². The Kier molecular flexibility index (Phi) is 3.22. The number of nitrogens with zero attached hydrogens (tertiary/aromatic N) is 1. The van der Waals surface area contributed by atoms with Gasteiger partial charge in [0.1, 0.15) is 0 Å². The largest absolute Gasteiger partial charge is 0.255 e. The van der Waals surface area contributed by atoms with E-state index >= 15 is 0 Å². The van der Waals surface area contributed by atoms with E-state index in [1.807, 2.05) is 1.33 Å². The van der Waals surface area contributed by atoms with E-state index in [9.17, 15) is 0 Å². The zero-order valence-corrected chi connectivity index (χ0v) is 9.83. The van der Waals surface area contributed by atoms with Crippen LogP contribution in [-0.2, 0) is 0 Å². The van der Waals surface area contributed by atoms with Crippen LogP contribution in [0.3, 0.4) is 0 Å². The Morgan fingerprint density at radius 3 is 2.00 bits per heavy atom. The lowest BCUT2D eigenvalue weighted by atomic mass is 10.2. The molecule has 0 bridgehead atoms. The number of rotatable bonds is 1. The van der Waals surface area contributed by atoms with Crippen LogP contribution in [0.1, 0.15) is 5.56 Å². The molecule has 3 heteroatoms. The summed E-state index contributed by atoms with van der Waals surface area (Å²) < 4.78 is 2.04. The molecule has 1 rings (SSSR count). The number of anilines is 1. The fourth-order valence-electron chi connectivity index (χ4n) is 0.657. The predicted molar refractivity (Wildman–Crippen MR) is 61.7 cm³/mol. The van der Waals surface area contributed by atoms with Gasteiger partial charge < -0.3 is 0 Å². The van der Waals surface area contributed by atoms with Gasteiger partial charge in [0.15, 0.2) is 0 Å². The Morgan fingerprint density at radius 2 is 1.60 bits per heavy atom. The van der Waals surface area contributed by atoms with Crippen LogP contribution in [0.2, 0.25) is 0 Å². The molecule has 0 aliphatic heterocycles. The molecule has 1 aromatic carbocycles. The van der Waals surface area contributed by atoms with Crippen molar-refractivity contribution in [3.05, 3.63) is 29.8 Å². The van der Waals surface area contributed by atoms with Crippen LogP contribution in [0.4, 0.5) is 5.69 Å². The maximum absolute atomic E-state index is 2.24. The summed E-state index contributed by atoms with van der Waals surface area (Å²) in [5, 5.41) is 0. The van der Waals surface area contributed by atoms with Gasteiger partial charge in [-0.1, -0.05) is 17.7 Å². The minimum Gasteiger partial charge on any atom is -0.255 e. The number of aryl methyl sites for hydroxylation is 1. The molecule has 0 saturated carbocycles. The van der Waals surface area contributed by atoms with Gasteiger partial charge in [-0.25, -0.2) is 0 Å². The van der Waals surface area contributed by atoms with Gasteiger partial charge in [0.25, 0.3) is 0 Å². The third kappa shape index (κ3) is 2.26. The zero-order chi connectivity index (χ0) is 7.56.